The van der Waals surface area contributed by atoms with Gasteiger partial charge in [0, 0.05) is 18.6 Å². The minimum absolute atomic E-state index is 0.0628. The lowest BCUT2D eigenvalue weighted by Gasteiger charge is -2.35. The third-order valence-corrected chi connectivity index (χ3v) is 3.99. The minimum Gasteiger partial charge on any atom is -0.381 e. The summed E-state index contributed by atoms with van der Waals surface area (Å²) in [7, 11) is 0. The van der Waals surface area contributed by atoms with Crippen molar-refractivity contribution in [3.63, 3.8) is 0 Å². The number of rotatable bonds is 6. The molecule has 2 rings (SSSR count). The molecule has 0 bridgehead atoms. The van der Waals surface area contributed by atoms with Crippen molar-refractivity contribution in [3.05, 3.63) is 35.9 Å². The Bertz CT molecular complexity index is 349. The van der Waals surface area contributed by atoms with Crippen LogP contribution in [0.5, 0.6) is 0 Å². The normalized spacial score (nSPS) is 27.6. The molecule has 0 heterocycles. The predicted octanol–water partition coefficient (Wildman–Crippen LogP) is 3.55. The largest absolute Gasteiger partial charge is 0.381 e. The van der Waals surface area contributed by atoms with E-state index in [0.29, 0.717) is 6.10 Å². The molecule has 1 aliphatic rings. The summed E-state index contributed by atoms with van der Waals surface area (Å²) in [6.07, 6.45) is 3.85. The maximum atomic E-state index is 5.99. The number of ether oxygens (including phenoxy) is 2. The molecule has 1 aromatic rings. The van der Waals surface area contributed by atoms with Crippen LogP contribution in [0.3, 0.4) is 0 Å². The second kappa shape index (κ2) is 6.35. The zero-order valence-corrected chi connectivity index (χ0v) is 11.5. The average molecular weight is 248 g/mol. The molecule has 0 spiro atoms. The maximum Gasteiger partial charge on any atom is 0.0693 e. The standard InChI is InChI=1S/C16H24O2/c1-3-17-13-16(14-9-6-5-7-10-14)12-8-11-15(16)18-4-2/h5-7,9-10,15H,3-4,8,11-13H2,1-2H3. The Kier molecular flexibility index (Phi) is 4.79. The van der Waals surface area contributed by atoms with E-state index < -0.39 is 0 Å². The molecule has 0 N–H and O–H groups in total. The molecule has 2 atom stereocenters. The molecular formula is C16H24O2. The van der Waals surface area contributed by atoms with Crippen molar-refractivity contribution in [1.29, 1.82) is 0 Å². The van der Waals surface area contributed by atoms with Gasteiger partial charge in [-0.15, -0.1) is 0 Å². The molecule has 100 valence electrons. The third-order valence-electron chi connectivity index (χ3n) is 3.99. The van der Waals surface area contributed by atoms with Crippen LogP contribution in [0.15, 0.2) is 30.3 Å². The Labute approximate surface area is 110 Å². The van der Waals surface area contributed by atoms with Crippen molar-refractivity contribution in [2.45, 2.75) is 44.6 Å². The molecule has 1 fully saturated rings. The van der Waals surface area contributed by atoms with Gasteiger partial charge in [0.25, 0.3) is 0 Å². The molecular weight excluding hydrogens is 224 g/mol. The van der Waals surface area contributed by atoms with Crippen LogP contribution in [0.4, 0.5) is 0 Å². The van der Waals surface area contributed by atoms with Gasteiger partial charge in [-0.05, 0) is 38.7 Å². The Morgan fingerprint density at radius 3 is 2.61 bits per heavy atom. The molecule has 0 radical (unpaired) electrons. The van der Waals surface area contributed by atoms with Gasteiger partial charge in [-0.2, -0.15) is 0 Å². The van der Waals surface area contributed by atoms with Gasteiger partial charge >= 0.3 is 0 Å². The molecule has 18 heavy (non-hydrogen) atoms. The first kappa shape index (κ1) is 13.6. The fraction of sp³-hybridized carbons (Fsp3) is 0.625. The first-order valence-corrected chi connectivity index (χ1v) is 7.08. The summed E-state index contributed by atoms with van der Waals surface area (Å²) in [5, 5.41) is 0. The van der Waals surface area contributed by atoms with Crippen LogP contribution in [-0.4, -0.2) is 25.9 Å². The SMILES string of the molecule is CCOCC1(c2ccccc2)CCCC1OCC. The van der Waals surface area contributed by atoms with Crippen molar-refractivity contribution in [2.75, 3.05) is 19.8 Å². The summed E-state index contributed by atoms with van der Waals surface area (Å²) < 4.78 is 11.8. The van der Waals surface area contributed by atoms with Crippen molar-refractivity contribution >= 4 is 0 Å². The minimum atomic E-state index is 0.0628. The molecule has 2 unspecified atom stereocenters. The molecule has 2 nitrogen and oxygen atoms in total. The summed E-state index contributed by atoms with van der Waals surface area (Å²) in [5.74, 6) is 0. The van der Waals surface area contributed by atoms with Gasteiger partial charge in [0.1, 0.15) is 0 Å². The second-order valence-corrected chi connectivity index (χ2v) is 5.00. The van der Waals surface area contributed by atoms with E-state index in [0.717, 1.165) is 26.2 Å². The summed E-state index contributed by atoms with van der Waals surface area (Å²) in [6.45, 7) is 6.47. The fourth-order valence-corrected chi connectivity index (χ4v) is 3.12. The predicted molar refractivity (Wildman–Crippen MR) is 73.9 cm³/mol. The molecule has 1 aromatic carbocycles. The Balaban J connectivity index is 2.27. The van der Waals surface area contributed by atoms with E-state index in [2.05, 4.69) is 44.2 Å². The highest BCUT2D eigenvalue weighted by Gasteiger charge is 2.45. The molecule has 0 amide bonds. The second-order valence-electron chi connectivity index (χ2n) is 5.00. The summed E-state index contributed by atoms with van der Waals surface area (Å²) in [5.41, 5.74) is 1.43. The van der Waals surface area contributed by atoms with E-state index in [4.69, 9.17) is 9.47 Å². The van der Waals surface area contributed by atoms with Crippen molar-refractivity contribution in [1.82, 2.24) is 0 Å². The smallest absolute Gasteiger partial charge is 0.0693 e. The van der Waals surface area contributed by atoms with E-state index >= 15 is 0 Å². The quantitative estimate of drug-likeness (QED) is 0.766. The fourth-order valence-electron chi connectivity index (χ4n) is 3.12. The van der Waals surface area contributed by atoms with Crippen molar-refractivity contribution < 1.29 is 9.47 Å². The third kappa shape index (κ3) is 2.60. The van der Waals surface area contributed by atoms with Crippen LogP contribution in [0, 0.1) is 0 Å². The topological polar surface area (TPSA) is 18.5 Å². The Morgan fingerprint density at radius 1 is 1.17 bits per heavy atom. The number of hydrogen-bond acceptors (Lipinski definition) is 2. The Hall–Kier alpha value is -0.860. The first-order chi connectivity index (χ1) is 8.83. The highest BCUT2D eigenvalue weighted by molar-refractivity contribution is 5.29. The van der Waals surface area contributed by atoms with Gasteiger partial charge in [-0.1, -0.05) is 30.3 Å². The highest BCUT2D eigenvalue weighted by Crippen LogP contribution is 2.43. The maximum absolute atomic E-state index is 5.99. The van der Waals surface area contributed by atoms with Crippen LogP contribution >= 0.6 is 0 Å². The highest BCUT2D eigenvalue weighted by atomic mass is 16.5. The van der Waals surface area contributed by atoms with Crippen LogP contribution in [-0.2, 0) is 14.9 Å². The van der Waals surface area contributed by atoms with E-state index in [-0.39, 0.29) is 5.41 Å². The van der Waals surface area contributed by atoms with E-state index in [1.807, 2.05) is 0 Å². The van der Waals surface area contributed by atoms with Crippen molar-refractivity contribution in [2.24, 2.45) is 0 Å². The van der Waals surface area contributed by atoms with Gasteiger partial charge in [0.05, 0.1) is 12.7 Å². The lowest BCUT2D eigenvalue weighted by Crippen LogP contribution is -2.41. The molecule has 0 aromatic heterocycles. The zero-order chi connectivity index (χ0) is 12.8. The lowest BCUT2D eigenvalue weighted by molar-refractivity contribution is -0.0197. The van der Waals surface area contributed by atoms with Gasteiger partial charge in [0.2, 0.25) is 0 Å². The van der Waals surface area contributed by atoms with Crippen LogP contribution < -0.4 is 0 Å². The zero-order valence-electron chi connectivity index (χ0n) is 11.5. The Morgan fingerprint density at radius 2 is 1.94 bits per heavy atom. The molecule has 1 saturated carbocycles. The van der Waals surface area contributed by atoms with Gasteiger partial charge in [0.15, 0.2) is 0 Å². The molecule has 0 aliphatic heterocycles. The number of benzene rings is 1. The van der Waals surface area contributed by atoms with Crippen molar-refractivity contribution in [3.8, 4) is 0 Å². The number of hydrogen-bond donors (Lipinski definition) is 0. The van der Waals surface area contributed by atoms with Gasteiger partial charge < -0.3 is 9.47 Å². The van der Waals surface area contributed by atoms with E-state index in [1.165, 1.54) is 18.4 Å². The summed E-state index contributed by atoms with van der Waals surface area (Å²) in [4.78, 5) is 0. The van der Waals surface area contributed by atoms with Gasteiger partial charge in [-0.3, -0.25) is 0 Å². The monoisotopic (exact) mass is 248 g/mol. The average Bonchev–Trinajstić information content (AvgIpc) is 2.82. The lowest BCUT2D eigenvalue weighted by atomic mass is 9.77. The van der Waals surface area contributed by atoms with E-state index in [1.54, 1.807) is 0 Å². The van der Waals surface area contributed by atoms with Crippen LogP contribution in [0.25, 0.3) is 0 Å². The molecule has 1 aliphatic carbocycles. The van der Waals surface area contributed by atoms with Gasteiger partial charge in [-0.25, -0.2) is 0 Å². The summed E-state index contributed by atoms with van der Waals surface area (Å²) >= 11 is 0. The van der Waals surface area contributed by atoms with E-state index in [9.17, 15) is 0 Å². The summed E-state index contributed by atoms with van der Waals surface area (Å²) in [6, 6.07) is 10.7. The van der Waals surface area contributed by atoms with Crippen LogP contribution in [0.2, 0.25) is 0 Å². The molecule has 2 heteroatoms. The first-order valence-electron chi connectivity index (χ1n) is 7.08. The molecule has 0 saturated heterocycles. The van der Waals surface area contributed by atoms with Crippen LogP contribution in [0.1, 0.15) is 38.7 Å².